The van der Waals surface area contributed by atoms with Crippen LogP contribution < -0.4 is 5.32 Å². The molecule has 1 aliphatic rings. The molecule has 2 N–H and O–H groups in total. The van der Waals surface area contributed by atoms with Crippen molar-refractivity contribution in [3.63, 3.8) is 0 Å². The van der Waals surface area contributed by atoms with Gasteiger partial charge in [-0.3, -0.25) is 9.78 Å². The van der Waals surface area contributed by atoms with E-state index in [0.717, 1.165) is 33.4 Å². The number of rotatable bonds is 5. The molecule has 4 aromatic rings. The van der Waals surface area contributed by atoms with Crippen LogP contribution in [0.3, 0.4) is 0 Å². The van der Waals surface area contributed by atoms with E-state index in [1.165, 1.54) is 25.0 Å². The van der Waals surface area contributed by atoms with Crippen LogP contribution in [-0.2, 0) is 0 Å². The number of aromatic nitrogens is 4. The molecule has 0 saturated heterocycles. The molecule has 27 heavy (non-hydrogen) atoms. The van der Waals surface area contributed by atoms with Gasteiger partial charge >= 0.3 is 0 Å². The number of nitrogens with one attached hydrogen (secondary N) is 2. The average Bonchev–Trinajstić information content (AvgIpc) is 3.25. The predicted octanol–water partition coefficient (Wildman–Crippen LogP) is 4.98. The first-order valence-corrected chi connectivity index (χ1v) is 8.92. The van der Waals surface area contributed by atoms with Crippen molar-refractivity contribution in [1.82, 2.24) is 20.0 Å². The van der Waals surface area contributed by atoms with Crippen LogP contribution in [0.2, 0.25) is 0 Å². The molecule has 2 aromatic carbocycles. The summed E-state index contributed by atoms with van der Waals surface area (Å²) in [4.78, 5) is 0. The molecule has 0 atom stereocenters. The van der Waals surface area contributed by atoms with Gasteiger partial charge in [0.25, 0.3) is 0 Å². The SMILES string of the molecule is C=C(Nc1ccc(F)cc1)c1n[nH]c2ccc(-c3cnn(C4CC4)c3)cc12. The second-order valence-electron chi connectivity index (χ2n) is 6.88. The van der Waals surface area contributed by atoms with Crippen LogP contribution in [0, 0.1) is 5.82 Å². The molecule has 1 fully saturated rings. The minimum Gasteiger partial charge on any atom is -0.354 e. The van der Waals surface area contributed by atoms with Crippen molar-refractivity contribution in [2.24, 2.45) is 0 Å². The summed E-state index contributed by atoms with van der Waals surface area (Å²) in [5.74, 6) is -0.271. The number of benzene rings is 2. The highest BCUT2D eigenvalue weighted by atomic mass is 19.1. The molecule has 2 heterocycles. The van der Waals surface area contributed by atoms with Gasteiger partial charge in [-0.15, -0.1) is 0 Å². The Kier molecular flexibility index (Phi) is 3.57. The maximum atomic E-state index is 13.1. The normalized spacial score (nSPS) is 13.8. The molecule has 5 rings (SSSR count). The number of aromatic amines is 1. The highest BCUT2D eigenvalue weighted by Gasteiger charge is 2.24. The van der Waals surface area contributed by atoms with E-state index in [0.29, 0.717) is 11.7 Å². The first-order valence-electron chi connectivity index (χ1n) is 8.92. The highest BCUT2D eigenvalue weighted by molar-refractivity contribution is 5.94. The maximum absolute atomic E-state index is 13.1. The second-order valence-corrected chi connectivity index (χ2v) is 6.88. The molecule has 0 bridgehead atoms. The monoisotopic (exact) mass is 359 g/mol. The minimum atomic E-state index is -0.271. The van der Waals surface area contributed by atoms with Gasteiger partial charge in [0, 0.05) is 22.8 Å². The quantitative estimate of drug-likeness (QED) is 0.528. The van der Waals surface area contributed by atoms with Crippen molar-refractivity contribution in [2.75, 3.05) is 5.32 Å². The molecule has 1 aliphatic carbocycles. The van der Waals surface area contributed by atoms with E-state index < -0.39 is 0 Å². The van der Waals surface area contributed by atoms with Crippen molar-refractivity contribution < 1.29 is 4.39 Å². The van der Waals surface area contributed by atoms with Crippen molar-refractivity contribution in [3.05, 3.63) is 72.9 Å². The van der Waals surface area contributed by atoms with Gasteiger partial charge in [0.05, 0.1) is 23.5 Å². The Bertz CT molecular complexity index is 1140. The van der Waals surface area contributed by atoms with Crippen LogP contribution >= 0.6 is 0 Å². The van der Waals surface area contributed by atoms with Crippen molar-refractivity contribution >= 4 is 22.3 Å². The molecule has 5 nitrogen and oxygen atoms in total. The number of halogens is 1. The first kappa shape index (κ1) is 15.8. The Balaban J connectivity index is 1.47. The molecular weight excluding hydrogens is 341 g/mol. The summed E-state index contributed by atoms with van der Waals surface area (Å²) in [7, 11) is 0. The fourth-order valence-electron chi connectivity index (χ4n) is 3.22. The molecule has 0 spiro atoms. The second kappa shape index (κ2) is 6.09. The molecule has 0 amide bonds. The first-order chi connectivity index (χ1) is 13.2. The lowest BCUT2D eigenvalue weighted by Crippen LogP contribution is -1.98. The molecule has 134 valence electrons. The van der Waals surface area contributed by atoms with Gasteiger partial charge in [0.1, 0.15) is 11.5 Å². The average molecular weight is 359 g/mol. The number of anilines is 1. The van der Waals surface area contributed by atoms with Gasteiger partial charge in [-0.25, -0.2) is 4.39 Å². The zero-order chi connectivity index (χ0) is 18.4. The van der Waals surface area contributed by atoms with E-state index in [2.05, 4.69) is 45.5 Å². The van der Waals surface area contributed by atoms with E-state index in [9.17, 15) is 4.39 Å². The zero-order valence-electron chi connectivity index (χ0n) is 14.6. The number of nitrogens with zero attached hydrogens (tertiary/aromatic N) is 3. The Morgan fingerprint density at radius 2 is 1.96 bits per heavy atom. The number of fused-ring (bicyclic) bond motifs is 1. The molecule has 2 aromatic heterocycles. The summed E-state index contributed by atoms with van der Waals surface area (Å²) >= 11 is 0. The fraction of sp³-hybridized carbons (Fsp3) is 0.143. The highest BCUT2D eigenvalue weighted by Crippen LogP contribution is 2.35. The Morgan fingerprint density at radius 3 is 2.74 bits per heavy atom. The predicted molar refractivity (Wildman–Crippen MR) is 105 cm³/mol. The lowest BCUT2D eigenvalue weighted by Gasteiger charge is -2.08. The summed E-state index contributed by atoms with van der Waals surface area (Å²) in [6, 6.07) is 12.9. The van der Waals surface area contributed by atoms with Gasteiger partial charge in [-0.05, 0) is 54.8 Å². The van der Waals surface area contributed by atoms with Crippen LogP contribution in [-0.4, -0.2) is 20.0 Å². The number of H-pyrrole nitrogens is 1. The van der Waals surface area contributed by atoms with Gasteiger partial charge in [-0.2, -0.15) is 10.2 Å². The largest absolute Gasteiger partial charge is 0.354 e. The summed E-state index contributed by atoms with van der Waals surface area (Å²) < 4.78 is 15.1. The van der Waals surface area contributed by atoms with Gasteiger partial charge in [-0.1, -0.05) is 12.6 Å². The topological polar surface area (TPSA) is 58.5 Å². The minimum absolute atomic E-state index is 0.271. The van der Waals surface area contributed by atoms with Crippen LogP contribution in [0.5, 0.6) is 0 Å². The van der Waals surface area contributed by atoms with Crippen LogP contribution in [0.25, 0.3) is 27.7 Å². The van der Waals surface area contributed by atoms with Crippen LogP contribution in [0.15, 0.2) is 61.4 Å². The zero-order valence-corrected chi connectivity index (χ0v) is 14.6. The summed E-state index contributed by atoms with van der Waals surface area (Å²) in [6.45, 7) is 4.10. The van der Waals surface area contributed by atoms with Gasteiger partial charge in [0.15, 0.2) is 0 Å². The van der Waals surface area contributed by atoms with Crippen molar-refractivity contribution in [3.8, 4) is 11.1 Å². The van der Waals surface area contributed by atoms with E-state index >= 15 is 0 Å². The molecule has 6 heteroatoms. The smallest absolute Gasteiger partial charge is 0.123 e. The Morgan fingerprint density at radius 1 is 1.15 bits per heavy atom. The third-order valence-electron chi connectivity index (χ3n) is 4.84. The lowest BCUT2D eigenvalue weighted by atomic mass is 10.1. The fourth-order valence-corrected chi connectivity index (χ4v) is 3.22. The van der Waals surface area contributed by atoms with Gasteiger partial charge in [0.2, 0.25) is 0 Å². The van der Waals surface area contributed by atoms with E-state index in [1.807, 2.05) is 16.9 Å². The standard InChI is InChI=1S/C21H18FN5/c1-13(24-17-5-3-16(22)4-6-17)21-19-10-14(2-9-20(19)25-26-21)15-11-23-27(12-15)18-7-8-18/h2-6,9-12,18,24H,1,7-8H2,(H,25,26). The molecule has 0 radical (unpaired) electrons. The van der Waals surface area contributed by atoms with Crippen LogP contribution in [0.1, 0.15) is 24.6 Å². The summed E-state index contributed by atoms with van der Waals surface area (Å²) in [5, 5.41) is 16.1. The number of hydrogen-bond acceptors (Lipinski definition) is 3. The number of hydrogen-bond donors (Lipinski definition) is 2. The lowest BCUT2D eigenvalue weighted by molar-refractivity contribution is 0.628. The third-order valence-corrected chi connectivity index (χ3v) is 4.84. The molecular formula is C21H18FN5. The molecule has 0 unspecified atom stereocenters. The molecule has 0 aliphatic heterocycles. The summed E-state index contributed by atoms with van der Waals surface area (Å²) in [6.07, 6.45) is 6.43. The third kappa shape index (κ3) is 2.99. The van der Waals surface area contributed by atoms with E-state index in [4.69, 9.17) is 0 Å². The summed E-state index contributed by atoms with van der Waals surface area (Å²) in [5.41, 5.74) is 5.27. The Hall–Kier alpha value is -3.41. The van der Waals surface area contributed by atoms with E-state index in [1.54, 1.807) is 12.1 Å². The molecule has 1 saturated carbocycles. The Labute approximate surface area is 155 Å². The maximum Gasteiger partial charge on any atom is 0.123 e. The van der Waals surface area contributed by atoms with E-state index in [-0.39, 0.29) is 5.82 Å². The van der Waals surface area contributed by atoms with Crippen molar-refractivity contribution in [1.29, 1.82) is 0 Å². The van der Waals surface area contributed by atoms with Crippen molar-refractivity contribution in [2.45, 2.75) is 18.9 Å². The van der Waals surface area contributed by atoms with Crippen LogP contribution in [0.4, 0.5) is 10.1 Å². The van der Waals surface area contributed by atoms with Gasteiger partial charge < -0.3 is 5.32 Å².